The number of hydrogen-bond donors (Lipinski definition) is 0. The molecule has 6 heteroatoms. The zero-order valence-electron chi connectivity index (χ0n) is 13.2. The molecule has 0 saturated carbocycles. The van der Waals surface area contributed by atoms with E-state index in [4.69, 9.17) is 4.74 Å². The highest BCUT2D eigenvalue weighted by atomic mass is 127. The largest absolute Gasteiger partial charge is 0.380 e. The lowest BCUT2D eigenvalue weighted by molar-refractivity contribution is 0.0996. The van der Waals surface area contributed by atoms with E-state index in [-0.39, 0.29) is 5.91 Å². The minimum Gasteiger partial charge on any atom is -0.380 e. The van der Waals surface area contributed by atoms with Gasteiger partial charge in [-0.25, -0.2) is 0 Å². The fraction of sp³-hybridized carbons (Fsp3) is 0.222. The molecule has 24 heavy (non-hydrogen) atoms. The lowest BCUT2D eigenvalue weighted by Gasteiger charge is -2.05. The maximum atomic E-state index is 12.6. The average Bonchev–Trinajstić information content (AvgIpc) is 2.93. The van der Waals surface area contributed by atoms with Crippen LogP contribution in [0.4, 0.5) is 0 Å². The first-order valence-corrected chi connectivity index (χ1v) is 9.60. The molecular formula is C18H17IN2O2S. The molecule has 0 saturated heterocycles. The van der Waals surface area contributed by atoms with Gasteiger partial charge < -0.3 is 9.30 Å². The molecule has 1 amide bonds. The maximum Gasteiger partial charge on any atom is 0.280 e. The van der Waals surface area contributed by atoms with Crippen molar-refractivity contribution in [3.8, 4) is 0 Å². The highest BCUT2D eigenvalue weighted by molar-refractivity contribution is 14.1. The monoisotopic (exact) mass is 452 g/mol. The van der Waals surface area contributed by atoms with Gasteiger partial charge in [-0.15, -0.1) is 0 Å². The summed E-state index contributed by atoms with van der Waals surface area (Å²) in [6, 6.07) is 15.6. The van der Waals surface area contributed by atoms with E-state index in [2.05, 4.69) is 32.2 Å². The van der Waals surface area contributed by atoms with Crippen LogP contribution in [0.25, 0.3) is 10.2 Å². The molecule has 0 radical (unpaired) electrons. The van der Waals surface area contributed by atoms with Crippen LogP contribution in [0.2, 0.25) is 0 Å². The van der Waals surface area contributed by atoms with Gasteiger partial charge in [0.05, 0.1) is 22.4 Å². The Balaban J connectivity index is 2.05. The molecule has 0 N–H and O–H groups in total. The molecule has 1 heterocycles. The van der Waals surface area contributed by atoms with Crippen molar-refractivity contribution in [3.05, 3.63) is 62.5 Å². The smallest absolute Gasteiger partial charge is 0.280 e. The number of para-hydroxylation sites is 1. The third-order valence-corrected chi connectivity index (χ3v) is 5.55. The minimum atomic E-state index is -0.211. The van der Waals surface area contributed by atoms with Gasteiger partial charge in [-0.3, -0.25) is 4.79 Å². The van der Waals surface area contributed by atoms with Crippen molar-refractivity contribution in [3.63, 3.8) is 0 Å². The second kappa shape index (κ2) is 8.04. The van der Waals surface area contributed by atoms with Crippen LogP contribution in [-0.4, -0.2) is 23.7 Å². The molecule has 0 spiro atoms. The number of ether oxygens (including phenoxy) is 1. The molecule has 1 aromatic heterocycles. The summed E-state index contributed by atoms with van der Waals surface area (Å²) in [5.74, 6) is -0.211. The number of amides is 1. The fourth-order valence-electron chi connectivity index (χ4n) is 2.40. The first-order chi connectivity index (χ1) is 11.7. The van der Waals surface area contributed by atoms with Crippen LogP contribution in [0.15, 0.2) is 53.5 Å². The summed E-state index contributed by atoms with van der Waals surface area (Å²) in [7, 11) is 0. The first-order valence-electron chi connectivity index (χ1n) is 7.70. The summed E-state index contributed by atoms with van der Waals surface area (Å²) in [6.45, 7) is 3.93. The molecule has 2 aromatic carbocycles. The summed E-state index contributed by atoms with van der Waals surface area (Å²) in [5.41, 5.74) is 1.71. The Morgan fingerprint density at radius 2 is 1.96 bits per heavy atom. The summed E-state index contributed by atoms with van der Waals surface area (Å²) in [5, 5.41) is 0. The zero-order chi connectivity index (χ0) is 16.9. The molecule has 0 aliphatic carbocycles. The number of benzene rings is 2. The molecule has 4 nitrogen and oxygen atoms in total. The Bertz CT molecular complexity index is 930. The lowest BCUT2D eigenvalue weighted by atomic mass is 10.2. The van der Waals surface area contributed by atoms with E-state index in [1.54, 1.807) is 0 Å². The highest BCUT2D eigenvalue weighted by Crippen LogP contribution is 2.17. The quantitative estimate of drug-likeness (QED) is 0.433. The third-order valence-electron chi connectivity index (χ3n) is 3.55. The molecule has 3 rings (SSSR count). The van der Waals surface area contributed by atoms with Gasteiger partial charge in [-0.05, 0) is 53.8 Å². The first kappa shape index (κ1) is 17.3. The Morgan fingerprint density at radius 3 is 2.75 bits per heavy atom. The number of thiazole rings is 1. The van der Waals surface area contributed by atoms with Gasteiger partial charge >= 0.3 is 0 Å². The number of nitrogens with zero attached hydrogens (tertiary/aromatic N) is 2. The maximum absolute atomic E-state index is 12.6. The van der Waals surface area contributed by atoms with Gasteiger partial charge in [0.2, 0.25) is 0 Å². The highest BCUT2D eigenvalue weighted by Gasteiger charge is 2.11. The van der Waals surface area contributed by atoms with Crippen molar-refractivity contribution in [2.75, 3.05) is 13.2 Å². The summed E-state index contributed by atoms with van der Waals surface area (Å²) < 4.78 is 9.56. The Kier molecular flexibility index (Phi) is 5.80. The number of carbonyl (C=O) groups excluding carboxylic acids is 1. The molecular weight excluding hydrogens is 435 g/mol. The van der Waals surface area contributed by atoms with Crippen molar-refractivity contribution in [1.29, 1.82) is 0 Å². The van der Waals surface area contributed by atoms with Gasteiger partial charge in [0, 0.05) is 16.7 Å². The van der Waals surface area contributed by atoms with Gasteiger partial charge in [0.1, 0.15) is 0 Å². The molecule has 0 unspecified atom stereocenters. The zero-order valence-corrected chi connectivity index (χ0v) is 16.2. The normalized spacial score (nSPS) is 12.0. The fourth-order valence-corrected chi connectivity index (χ4v) is 4.08. The predicted molar refractivity (Wildman–Crippen MR) is 105 cm³/mol. The topological polar surface area (TPSA) is 43.6 Å². The van der Waals surface area contributed by atoms with Crippen LogP contribution >= 0.6 is 33.9 Å². The van der Waals surface area contributed by atoms with Crippen LogP contribution in [-0.2, 0) is 11.3 Å². The number of aromatic nitrogens is 1. The van der Waals surface area contributed by atoms with Crippen molar-refractivity contribution in [1.82, 2.24) is 4.57 Å². The predicted octanol–water partition coefficient (Wildman–Crippen LogP) is 4.09. The molecule has 3 aromatic rings. The van der Waals surface area contributed by atoms with Crippen molar-refractivity contribution in [2.24, 2.45) is 4.99 Å². The minimum absolute atomic E-state index is 0.211. The van der Waals surface area contributed by atoms with Crippen LogP contribution in [0.1, 0.15) is 17.3 Å². The molecule has 124 valence electrons. The van der Waals surface area contributed by atoms with Gasteiger partial charge in [-0.1, -0.05) is 35.6 Å². The van der Waals surface area contributed by atoms with Crippen LogP contribution in [0.3, 0.4) is 0 Å². The van der Waals surface area contributed by atoms with Gasteiger partial charge in [0.25, 0.3) is 5.91 Å². The second-order valence-electron chi connectivity index (χ2n) is 5.10. The molecule has 0 aliphatic rings. The Hall–Kier alpha value is -1.51. The van der Waals surface area contributed by atoms with Crippen molar-refractivity contribution in [2.45, 2.75) is 13.5 Å². The lowest BCUT2D eigenvalue weighted by Crippen LogP contribution is -2.20. The molecule has 0 bridgehead atoms. The third kappa shape index (κ3) is 3.76. The summed E-state index contributed by atoms with van der Waals surface area (Å²) in [4.78, 5) is 17.7. The van der Waals surface area contributed by atoms with E-state index in [0.29, 0.717) is 30.1 Å². The van der Waals surface area contributed by atoms with E-state index in [9.17, 15) is 4.79 Å². The Morgan fingerprint density at radius 1 is 1.21 bits per heavy atom. The SMILES string of the molecule is CCOCCn1c(=NC(=O)c2ccccc2I)sc2ccccc21. The number of rotatable bonds is 5. The number of carbonyl (C=O) groups is 1. The standard InChI is InChI=1S/C18H17IN2O2S/c1-2-23-12-11-21-15-9-5-6-10-16(15)24-18(21)20-17(22)13-7-3-4-8-14(13)19/h3-10H,2,11-12H2,1H3. The van der Waals surface area contributed by atoms with Gasteiger partial charge in [-0.2, -0.15) is 4.99 Å². The van der Waals surface area contributed by atoms with E-state index in [0.717, 1.165) is 13.8 Å². The van der Waals surface area contributed by atoms with Crippen molar-refractivity contribution < 1.29 is 9.53 Å². The summed E-state index contributed by atoms with van der Waals surface area (Å²) in [6.07, 6.45) is 0. The van der Waals surface area contributed by atoms with Crippen LogP contribution in [0, 0.1) is 3.57 Å². The van der Waals surface area contributed by atoms with Crippen LogP contribution < -0.4 is 4.80 Å². The van der Waals surface area contributed by atoms with Crippen molar-refractivity contribution >= 4 is 50.1 Å². The number of fused-ring (bicyclic) bond motifs is 1. The van der Waals surface area contributed by atoms with E-state index < -0.39 is 0 Å². The molecule has 0 atom stereocenters. The number of hydrogen-bond acceptors (Lipinski definition) is 3. The molecule has 0 aliphatic heterocycles. The van der Waals surface area contributed by atoms with E-state index in [1.807, 2.05) is 55.5 Å². The van der Waals surface area contributed by atoms with E-state index in [1.165, 1.54) is 11.3 Å². The molecule has 0 fully saturated rings. The average molecular weight is 452 g/mol. The van der Waals surface area contributed by atoms with E-state index >= 15 is 0 Å². The summed E-state index contributed by atoms with van der Waals surface area (Å²) >= 11 is 3.69. The second-order valence-corrected chi connectivity index (χ2v) is 7.27. The van der Waals surface area contributed by atoms with Gasteiger partial charge in [0.15, 0.2) is 4.80 Å². The van der Waals surface area contributed by atoms with Crippen LogP contribution in [0.5, 0.6) is 0 Å². The number of halogens is 1. The Labute approximate surface area is 157 Å².